The molecule has 2 saturated heterocycles. The Kier molecular flexibility index (Phi) is 4.80. The zero-order valence-corrected chi connectivity index (χ0v) is 10.7. The van der Waals surface area contributed by atoms with Crippen molar-refractivity contribution in [2.45, 2.75) is 51.2 Å². The van der Waals surface area contributed by atoms with Gasteiger partial charge in [0.25, 0.3) is 0 Å². The van der Waals surface area contributed by atoms with Gasteiger partial charge in [0.2, 0.25) is 5.91 Å². The molecule has 0 saturated carbocycles. The summed E-state index contributed by atoms with van der Waals surface area (Å²) in [6.07, 6.45) is 5.45. The largest absolute Gasteiger partial charge is 0.376 e. The van der Waals surface area contributed by atoms with Gasteiger partial charge in [0.15, 0.2) is 0 Å². The maximum Gasteiger partial charge on any atom is 0.220 e. The molecule has 2 aliphatic heterocycles. The van der Waals surface area contributed by atoms with Crippen molar-refractivity contribution < 1.29 is 9.53 Å². The molecule has 2 rings (SSSR count). The molecule has 0 aliphatic carbocycles. The van der Waals surface area contributed by atoms with E-state index in [1.165, 1.54) is 12.8 Å². The second kappa shape index (κ2) is 6.36. The first kappa shape index (κ1) is 12.8. The van der Waals surface area contributed by atoms with Crippen molar-refractivity contribution in [1.82, 2.24) is 10.6 Å². The van der Waals surface area contributed by atoms with Crippen LogP contribution in [0.1, 0.15) is 39.0 Å². The van der Waals surface area contributed by atoms with Crippen LogP contribution in [-0.4, -0.2) is 37.7 Å². The Bertz CT molecular complexity index is 246. The van der Waals surface area contributed by atoms with E-state index in [0.717, 1.165) is 32.5 Å². The smallest absolute Gasteiger partial charge is 0.220 e. The molecule has 0 radical (unpaired) electrons. The van der Waals surface area contributed by atoms with Crippen LogP contribution in [0.4, 0.5) is 0 Å². The highest BCUT2D eigenvalue weighted by atomic mass is 16.5. The third kappa shape index (κ3) is 3.96. The molecule has 17 heavy (non-hydrogen) atoms. The summed E-state index contributed by atoms with van der Waals surface area (Å²) >= 11 is 0. The maximum atomic E-state index is 11.9. The summed E-state index contributed by atoms with van der Waals surface area (Å²) in [7, 11) is 0. The first-order valence-corrected chi connectivity index (χ1v) is 6.87. The van der Waals surface area contributed by atoms with E-state index < -0.39 is 0 Å². The first-order valence-electron chi connectivity index (χ1n) is 6.87. The normalized spacial score (nSPS) is 31.1. The van der Waals surface area contributed by atoms with Crippen molar-refractivity contribution in [3.8, 4) is 0 Å². The molecule has 2 heterocycles. The predicted octanol–water partition coefficient (Wildman–Crippen LogP) is 1.06. The van der Waals surface area contributed by atoms with E-state index in [2.05, 4.69) is 10.6 Å². The third-order valence-electron chi connectivity index (χ3n) is 3.78. The number of carbonyl (C=O) groups is 1. The monoisotopic (exact) mass is 240 g/mol. The summed E-state index contributed by atoms with van der Waals surface area (Å²) < 4.78 is 5.58. The number of hydrogen-bond donors (Lipinski definition) is 2. The summed E-state index contributed by atoms with van der Waals surface area (Å²) in [6, 6.07) is 0.154. The van der Waals surface area contributed by atoms with Crippen molar-refractivity contribution in [1.29, 1.82) is 0 Å². The van der Waals surface area contributed by atoms with Crippen molar-refractivity contribution in [3.63, 3.8) is 0 Å². The summed E-state index contributed by atoms with van der Waals surface area (Å²) in [5, 5.41) is 6.42. The van der Waals surface area contributed by atoms with Gasteiger partial charge in [0.05, 0.1) is 12.1 Å². The van der Waals surface area contributed by atoms with Crippen LogP contribution in [0.15, 0.2) is 0 Å². The Balaban J connectivity index is 1.68. The van der Waals surface area contributed by atoms with Crippen LogP contribution in [0.5, 0.6) is 0 Å². The molecule has 1 amide bonds. The van der Waals surface area contributed by atoms with Gasteiger partial charge in [-0.2, -0.15) is 0 Å². The summed E-state index contributed by atoms with van der Waals surface area (Å²) in [5.41, 5.74) is 0. The van der Waals surface area contributed by atoms with Crippen LogP contribution in [0.3, 0.4) is 0 Å². The fourth-order valence-corrected chi connectivity index (χ4v) is 2.76. The lowest BCUT2D eigenvalue weighted by atomic mass is 9.95. The molecule has 4 heteroatoms. The Morgan fingerprint density at radius 3 is 3.00 bits per heavy atom. The zero-order valence-electron chi connectivity index (χ0n) is 10.7. The molecule has 2 fully saturated rings. The molecule has 0 aromatic heterocycles. The van der Waals surface area contributed by atoms with Crippen molar-refractivity contribution in [2.24, 2.45) is 5.92 Å². The number of ether oxygens (including phenoxy) is 1. The molecular formula is C13H24N2O2. The topological polar surface area (TPSA) is 50.4 Å². The highest BCUT2D eigenvalue weighted by Gasteiger charge is 2.24. The lowest BCUT2D eigenvalue weighted by Gasteiger charge is -2.24. The number of carbonyl (C=O) groups excluding carboxylic acids is 1. The van der Waals surface area contributed by atoms with Gasteiger partial charge >= 0.3 is 0 Å². The summed E-state index contributed by atoms with van der Waals surface area (Å²) in [6.45, 7) is 4.98. The van der Waals surface area contributed by atoms with Crippen LogP contribution < -0.4 is 10.6 Å². The van der Waals surface area contributed by atoms with Gasteiger partial charge in [0.1, 0.15) is 0 Å². The zero-order chi connectivity index (χ0) is 12.1. The minimum absolute atomic E-state index is 0.154. The van der Waals surface area contributed by atoms with Crippen LogP contribution in [0, 0.1) is 5.92 Å². The third-order valence-corrected chi connectivity index (χ3v) is 3.78. The molecule has 0 spiro atoms. The highest BCUT2D eigenvalue weighted by molar-refractivity contribution is 5.76. The Hall–Kier alpha value is -0.610. The van der Waals surface area contributed by atoms with Gasteiger partial charge < -0.3 is 15.4 Å². The second-order valence-electron chi connectivity index (χ2n) is 5.32. The van der Waals surface area contributed by atoms with Crippen LogP contribution >= 0.6 is 0 Å². The number of rotatable bonds is 4. The van der Waals surface area contributed by atoms with Gasteiger partial charge in [-0.15, -0.1) is 0 Å². The lowest BCUT2D eigenvalue weighted by molar-refractivity contribution is -0.123. The fourth-order valence-electron chi connectivity index (χ4n) is 2.76. The molecule has 0 aromatic carbocycles. The van der Waals surface area contributed by atoms with Gasteiger partial charge in [-0.1, -0.05) is 0 Å². The number of amides is 1. The van der Waals surface area contributed by atoms with Gasteiger partial charge in [-0.3, -0.25) is 4.79 Å². The minimum Gasteiger partial charge on any atom is -0.376 e. The van der Waals surface area contributed by atoms with E-state index in [1.54, 1.807) is 0 Å². The number of nitrogens with one attached hydrogen (secondary N) is 2. The van der Waals surface area contributed by atoms with E-state index in [1.807, 2.05) is 6.92 Å². The summed E-state index contributed by atoms with van der Waals surface area (Å²) in [5.74, 6) is 0.696. The predicted molar refractivity (Wildman–Crippen MR) is 66.8 cm³/mol. The standard InChI is InChI=1S/C13H24N2O2/c1-10(12-5-3-7-17-12)15-13(16)8-11-4-2-6-14-9-11/h10-12,14H,2-9H2,1H3,(H,15,16). The van der Waals surface area contributed by atoms with Crippen LogP contribution in [0.25, 0.3) is 0 Å². The average Bonchev–Trinajstić information content (AvgIpc) is 2.83. The minimum atomic E-state index is 0.154. The highest BCUT2D eigenvalue weighted by Crippen LogP contribution is 2.17. The van der Waals surface area contributed by atoms with Gasteiger partial charge in [0, 0.05) is 13.0 Å². The molecule has 3 atom stereocenters. The SMILES string of the molecule is CC(NC(=O)CC1CCCNC1)C1CCCO1. The molecule has 2 N–H and O–H groups in total. The van der Waals surface area contributed by atoms with E-state index in [-0.39, 0.29) is 18.1 Å². The Morgan fingerprint density at radius 1 is 1.47 bits per heavy atom. The molecule has 98 valence electrons. The van der Waals surface area contributed by atoms with E-state index >= 15 is 0 Å². The van der Waals surface area contributed by atoms with E-state index in [4.69, 9.17) is 4.74 Å². The molecule has 2 aliphatic rings. The molecule has 3 unspecified atom stereocenters. The van der Waals surface area contributed by atoms with Crippen LogP contribution in [-0.2, 0) is 9.53 Å². The lowest BCUT2D eigenvalue weighted by Crippen LogP contribution is -2.42. The van der Waals surface area contributed by atoms with E-state index in [9.17, 15) is 4.79 Å². The quantitative estimate of drug-likeness (QED) is 0.772. The molecule has 0 bridgehead atoms. The molecule has 0 aromatic rings. The van der Waals surface area contributed by atoms with Crippen molar-refractivity contribution in [3.05, 3.63) is 0 Å². The maximum absolute atomic E-state index is 11.9. The first-order chi connectivity index (χ1) is 8.25. The second-order valence-corrected chi connectivity index (χ2v) is 5.32. The van der Waals surface area contributed by atoms with Gasteiger partial charge in [-0.05, 0) is 51.6 Å². The number of piperidine rings is 1. The Morgan fingerprint density at radius 2 is 2.35 bits per heavy atom. The molecular weight excluding hydrogens is 216 g/mol. The average molecular weight is 240 g/mol. The van der Waals surface area contributed by atoms with Crippen molar-refractivity contribution >= 4 is 5.91 Å². The fraction of sp³-hybridized carbons (Fsp3) is 0.923. The van der Waals surface area contributed by atoms with E-state index in [0.29, 0.717) is 12.3 Å². The molecule has 4 nitrogen and oxygen atoms in total. The number of hydrogen-bond acceptors (Lipinski definition) is 3. The Labute approximate surface area is 103 Å². The van der Waals surface area contributed by atoms with Gasteiger partial charge in [-0.25, -0.2) is 0 Å². The van der Waals surface area contributed by atoms with Crippen molar-refractivity contribution in [2.75, 3.05) is 19.7 Å². The van der Waals surface area contributed by atoms with Crippen LogP contribution in [0.2, 0.25) is 0 Å². The summed E-state index contributed by atoms with van der Waals surface area (Å²) in [4.78, 5) is 11.9.